The second kappa shape index (κ2) is 5.27. The molecule has 2 rings (SSSR count). The van der Waals surface area contributed by atoms with Crippen LogP contribution in [0.4, 0.5) is 11.4 Å². The molecule has 0 saturated carbocycles. The van der Waals surface area contributed by atoms with Gasteiger partial charge in [0.15, 0.2) is 0 Å². The molecule has 1 unspecified atom stereocenters. The van der Waals surface area contributed by atoms with Gasteiger partial charge in [0.25, 0.3) is 0 Å². The lowest BCUT2D eigenvalue weighted by atomic mass is 10.1. The molecule has 5 nitrogen and oxygen atoms in total. The van der Waals surface area contributed by atoms with Gasteiger partial charge >= 0.3 is 5.97 Å². The Morgan fingerprint density at radius 2 is 2.33 bits per heavy atom. The molecule has 0 aliphatic carbocycles. The van der Waals surface area contributed by atoms with Crippen molar-refractivity contribution in [3.63, 3.8) is 0 Å². The van der Waals surface area contributed by atoms with E-state index in [2.05, 4.69) is 4.90 Å². The molecule has 3 N–H and O–H groups in total. The van der Waals surface area contributed by atoms with E-state index in [1.807, 2.05) is 0 Å². The van der Waals surface area contributed by atoms with Crippen molar-refractivity contribution in [3.8, 4) is 0 Å². The van der Waals surface area contributed by atoms with Crippen molar-refractivity contribution in [2.75, 3.05) is 30.8 Å². The Morgan fingerprint density at radius 1 is 1.56 bits per heavy atom. The Labute approximate surface area is 106 Å². The summed E-state index contributed by atoms with van der Waals surface area (Å²) in [7, 11) is 1.70. The molecule has 0 spiro atoms. The quantitative estimate of drug-likeness (QED) is 0.797. The maximum atomic E-state index is 11.0. The molecule has 0 amide bonds. The van der Waals surface area contributed by atoms with E-state index in [1.165, 1.54) is 6.07 Å². The summed E-state index contributed by atoms with van der Waals surface area (Å²) in [5.74, 6) is -0.934. The zero-order valence-electron chi connectivity index (χ0n) is 10.4. The highest BCUT2D eigenvalue weighted by Crippen LogP contribution is 2.28. The molecule has 5 heteroatoms. The fraction of sp³-hybridized carbons (Fsp3) is 0.462. The first kappa shape index (κ1) is 12.7. The Bertz CT molecular complexity index is 448. The van der Waals surface area contributed by atoms with Crippen molar-refractivity contribution in [3.05, 3.63) is 23.8 Å². The number of methoxy groups -OCH3 is 1. The Kier molecular flexibility index (Phi) is 3.72. The summed E-state index contributed by atoms with van der Waals surface area (Å²) in [6.07, 6.45) is 2.24. The van der Waals surface area contributed by atoms with Crippen molar-refractivity contribution in [1.29, 1.82) is 0 Å². The number of carboxylic acids is 1. The van der Waals surface area contributed by atoms with Crippen molar-refractivity contribution in [2.45, 2.75) is 18.9 Å². The van der Waals surface area contributed by atoms with Gasteiger partial charge in [-0.3, -0.25) is 0 Å². The second-order valence-electron chi connectivity index (χ2n) is 4.52. The minimum absolute atomic E-state index is 0.187. The van der Waals surface area contributed by atoms with Crippen molar-refractivity contribution in [2.24, 2.45) is 0 Å². The van der Waals surface area contributed by atoms with E-state index < -0.39 is 5.97 Å². The first-order valence-electron chi connectivity index (χ1n) is 6.02. The number of nitrogens with zero attached hydrogens (tertiary/aromatic N) is 1. The van der Waals surface area contributed by atoms with Crippen LogP contribution in [-0.2, 0) is 4.74 Å². The average molecular weight is 250 g/mol. The topological polar surface area (TPSA) is 75.8 Å². The normalized spacial score (nSPS) is 19.8. The molecule has 1 heterocycles. The van der Waals surface area contributed by atoms with E-state index >= 15 is 0 Å². The fourth-order valence-corrected chi connectivity index (χ4v) is 2.30. The van der Waals surface area contributed by atoms with Crippen molar-refractivity contribution >= 4 is 17.3 Å². The van der Waals surface area contributed by atoms with Gasteiger partial charge in [-0.15, -0.1) is 0 Å². The van der Waals surface area contributed by atoms with Gasteiger partial charge in [-0.25, -0.2) is 4.79 Å². The minimum atomic E-state index is -0.934. The van der Waals surface area contributed by atoms with Crippen LogP contribution in [-0.4, -0.2) is 37.4 Å². The van der Waals surface area contributed by atoms with E-state index in [4.69, 9.17) is 15.6 Å². The van der Waals surface area contributed by atoms with Gasteiger partial charge in [-0.1, -0.05) is 0 Å². The minimum Gasteiger partial charge on any atom is -0.478 e. The number of hydrogen-bond donors (Lipinski definition) is 2. The molecular formula is C13H18N2O3. The lowest BCUT2D eigenvalue weighted by molar-refractivity contribution is 0.0697. The van der Waals surface area contributed by atoms with Gasteiger partial charge < -0.3 is 20.5 Å². The molecule has 1 aliphatic rings. The largest absolute Gasteiger partial charge is 0.478 e. The molecule has 0 radical (unpaired) electrons. The van der Waals surface area contributed by atoms with Crippen LogP contribution in [0.15, 0.2) is 18.2 Å². The van der Waals surface area contributed by atoms with Gasteiger partial charge in [0.2, 0.25) is 0 Å². The third-order valence-electron chi connectivity index (χ3n) is 3.33. The van der Waals surface area contributed by atoms with E-state index in [0.717, 1.165) is 31.6 Å². The van der Waals surface area contributed by atoms with Crippen LogP contribution in [0.5, 0.6) is 0 Å². The summed E-state index contributed by atoms with van der Waals surface area (Å²) >= 11 is 0. The molecule has 18 heavy (non-hydrogen) atoms. The molecular weight excluding hydrogens is 232 g/mol. The van der Waals surface area contributed by atoms with E-state index in [-0.39, 0.29) is 11.7 Å². The average Bonchev–Trinajstić information content (AvgIpc) is 2.39. The zero-order chi connectivity index (χ0) is 13.1. The number of ether oxygens (including phenoxy) is 1. The van der Waals surface area contributed by atoms with Gasteiger partial charge in [0.05, 0.1) is 23.0 Å². The molecule has 1 aromatic carbocycles. The molecule has 0 aromatic heterocycles. The summed E-state index contributed by atoms with van der Waals surface area (Å²) < 4.78 is 5.36. The number of nitrogens with two attached hydrogens (primary N) is 1. The molecule has 1 aromatic rings. The Hall–Kier alpha value is -1.75. The Morgan fingerprint density at radius 3 is 3.00 bits per heavy atom. The highest BCUT2D eigenvalue weighted by Gasteiger charge is 2.21. The maximum Gasteiger partial charge on any atom is 0.335 e. The molecule has 1 atom stereocenters. The van der Waals surface area contributed by atoms with Crippen LogP contribution >= 0.6 is 0 Å². The fourth-order valence-electron chi connectivity index (χ4n) is 2.30. The van der Waals surface area contributed by atoms with Gasteiger partial charge in [0.1, 0.15) is 0 Å². The number of rotatable bonds is 3. The number of hydrogen-bond acceptors (Lipinski definition) is 4. The monoisotopic (exact) mass is 250 g/mol. The van der Waals surface area contributed by atoms with E-state index in [0.29, 0.717) is 5.69 Å². The third kappa shape index (κ3) is 2.56. The number of nitrogen functional groups attached to an aromatic ring is 1. The van der Waals surface area contributed by atoms with Crippen LogP contribution in [0, 0.1) is 0 Å². The SMILES string of the molecule is COC1CCCN(c2cc(C(=O)O)ccc2N)C1. The van der Waals surface area contributed by atoms with Gasteiger partial charge in [-0.05, 0) is 31.0 Å². The van der Waals surface area contributed by atoms with Gasteiger partial charge in [-0.2, -0.15) is 0 Å². The van der Waals surface area contributed by atoms with Crippen molar-refractivity contribution in [1.82, 2.24) is 0 Å². The number of piperidine rings is 1. The van der Waals surface area contributed by atoms with Crippen LogP contribution in [0.2, 0.25) is 0 Å². The van der Waals surface area contributed by atoms with Crippen LogP contribution in [0.3, 0.4) is 0 Å². The highest BCUT2D eigenvalue weighted by atomic mass is 16.5. The van der Waals surface area contributed by atoms with E-state index in [9.17, 15) is 4.79 Å². The number of anilines is 2. The maximum absolute atomic E-state index is 11.0. The third-order valence-corrected chi connectivity index (χ3v) is 3.33. The van der Waals surface area contributed by atoms with Crippen LogP contribution in [0.25, 0.3) is 0 Å². The predicted molar refractivity (Wildman–Crippen MR) is 70.1 cm³/mol. The smallest absolute Gasteiger partial charge is 0.335 e. The predicted octanol–water partition coefficient (Wildman–Crippen LogP) is 1.58. The Balaban J connectivity index is 2.26. The summed E-state index contributed by atoms with van der Waals surface area (Å²) in [5, 5.41) is 9.01. The standard InChI is InChI=1S/C13H18N2O3/c1-18-10-3-2-6-15(8-10)12-7-9(13(16)17)4-5-11(12)14/h4-5,7,10H,2-3,6,8,14H2,1H3,(H,16,17). The second-order valence-corrected chi connectivity index (χ2v) is 4.52. The highest BCUT2D eigenvalue weighted by molar-refractivity contribution is 5.90. The van der Waals surface area contributed by atoms with Gasteiger partial charge in [0, 0.05) is 20.2 Å². The lowest BCUT2D eigenvalue weighted by Gasteiger charge is -2.34. The summed E-state index contributed by atoms with van der Waals surface area (Å²) in [6, 6.07) is 4.81. The zero-order valence-corrected chi connectivity index (χ0v) is 10.4. The van der Waals surface area contributed by atoms with Crippen molar-refractivity contribution < 1.29 is 14.6 Å². The van der Waals surface area contributed by atoms with E-state index in [1.54, 1.807) is 19.2 Å². The number of carbonyl (C=O) groups is 1. The summed E-state index contributed by atoms with van der Waals surface area (Å²) in [4.78, 5) is 13.1. The molecule has 1 aliphatic heterocycles. The van der Waals surface area contributed by atoms with Crippen LogP contribution in [0.1, 0.15) is 23.2 Å². The molecule has 98 valence electrons. The first-order valence-corrected chi connectivity index (χ1v) is 6.02. The van der Waals surface area contributed by atoms with Crippen LogP contribution < -0.4 is 10.6 Å². The first-order chi connectivity index (χ1) is 8.61. The number of benzene rings is 1. The molecule has 0 bridgehead atoms. The summed E-state index contributed by atoms with van der Waals surface area (Å²) in [5.41, 5.74) is 7.59. The number of aromatic carboxylic acids is 1. The molecule has 1 saturated heterocycles. The lowest BCUT2D eigenvalue weighted by Crippen LogP contribution is -2.39. The summed E-state index contributed by atoms with van der Waals surface area (Å²) in [6.45, 7) is 1.64. The molecule has 1 fully saturated rings. The number of carboxylic acid groups (broad SMARTS) is 1.